The molecule has 240 valence electrons. The van der Waals surface area contributed by atoms with Gasteiger partial charge in [-0.3, -0.25) is 4.57 Å². The summed E-state index contributed by atoms with van der Waals surface area (Å²) < 4.78 is 24.9. The molecule has 0 saturated heterocycles. The number of para-hydroxylation sites is 1. The van der Waals surface area contributed by atoms with Crippen LogP contribution in [0.15, 0.2) is 121 Å². The molecular weight excluding hydrogens is 607 g/mol. The Bertz CT molecular complexity index is 2520. The number of fused-ring (bicyclic) bond motifs is 3. The summed E-state index contributed by atoms with van der Waals surface area (Å²) >= 11 is 0. The second-order valence-corrected chi connectivity index (χ2v) is 12.8. The highest BCUT2D eigenvalue weighted by Crippen LogP contribution is 2.38. The van der Waals surface area contributed by atoms with E-state index in [1.54, 1.807) is 0 Å². The summed E-state index contributed by atoms with van der Waals surface area (Å²) in [6.07, 6.45) is 1.49. The monoisotopic (exact) mass is 642 g/mol. The van der Waals surface area contributed by atoms with E-state index in [4.69, 9.17) is 9.84 Å². The molecule has 3 heterocycles. The van der Waals surface area contributed by atoms with Gasteiger partial charge in [-0.1, -0.05) is 60.7 Å². The van der Waals surface area contributed by atoms with Crippen LogP contribution >= 0.6 is 0 Å². The van der Waals surface area contributed by atoms with E-state index in [1.807, 2.05) is 57.8 Å². The van der Waals surface area contributed by atoms with Crippen molar-refractivity contribution in [3.05, 3.63) is 155 Å². The SMILES string of the molecule is Cc1cc(Oc2ccc3c4ccccc4n(-c4cc(F)ccn4)c3c2)cc(-n2nc(C)c(-c3c(C)cc(-c4ccccc4)cc3C)c2C)c1. The number of rotatable bonds is 6. The molecule has 6 heteroatoms. The first kappa shape index (κ1) is 30.3. The van der Waals surface area contributed by atoms with Gasteiger partial charge in [0.2, 0.25) is 0 Å². The second-order valence-electron chi connectivity index (χ2n) is 12.8. The number of ether oxygens (including phenoxy) is 1. The first-order chi connectivity index (χ1) is 23.7. The average molecular weight is 643 g/mol. The molecular formula is C43H35FN4O. The van der Waals surface area contributed by atoms with Crippen LogP contribution < -0.4 is 4.74 Å². The highest BCUT2D eigenvalue weighted by atomic mass is 19.1. The Balaban J connectivity index is 1.18. The van der Waals surface area contributed by atoms with E-state index in [9.17, 15) is 4.39 Å². The number of pyridine rings is 1. The lowest BCUT2D eigenvalue weighted by Gasteiger charge is -2.15. The van der Waals surface area contributed by atoms with Gasteiger partial charge in [0.15, 0.2) is 0 Å². The molecule has 0 aliphatic heterocycles. The fraction of sp³-hybridized carbons (Fsp3) is 0.116. The van der Waals surface area contributed by atoms with Crippen molar-refractivity contribution in [2.75, 3.05) is 0 Å². The fourth-order valence-electron chi connectivity index (χ4n) is 7.23. The molecule has 0 amide bonds. The van der Waals surface area contributed by atoms with E-state index in [-0.39, 0.29) is 5.82 Å². The minimum atomic E-state index is -0.336. The smallest absolute Gasteiger partial charge is 0.140 e. The lowest BCUT2D eigenvalue weighted by Crippen LogP contribution is -2.01. The van der Waals surface area contributed by atoms with Gasteiger partial charge in [0.05, 0.1) is 22.4 Å². The fourth-order valence-corrected chi connectivity index (χ4v) is 7.23. The summed E-state index contributed by atoms with van der Waals surface area (Å²) in [5.41, 5.74) is 13.1. The first-order valence-corrected chi connectivity index (χ1v) is 16.4. The third-order valence-corrected chi connectivity index (χ3v) is 9.28. The molecule has 0 aliphatic rings. The normalized spacial score (nSPS) is 11.5. The predicted octanol–water partition coefficient (Wildman–Crippen LogP) is 11.2. The maximum Gasteiger partial charge on any atom is 0.140 e. The summed E-state index contributed by atoms with van der Waals surface area (Å²) in [6, 6.07) is 38.2. The van der Waals surface area contributed by atoms with Crippen LogP contribution in [0.1, 0.15) is 28.1 Å². The maximum absolute atomic E-state index is 14.3. The highest BCUT2D eigenvalue weighted by Gasteiger charge is 2.20. The molecule has 3 aromatic heterocycles. The van der Waals surface area contributed by atoms with Crippen molar-refractivity contribution >= 4 is 21.8 Å². The molecule has 0 radical (unpaired) electrons. The molecule has 0 aliphatic carbocycles. The van der Waals surface area contributed by atoms with Crippen molar-refractivity contribution in [1.82, 2.24) is 19.3 Å². The summed E-state index contributed by atoms with van der Waals surface area (Å²) in [7, 11) is 0. The van der Waals surface area contributed by atoms with Crippen molar-refractivity contribution in [2.24, 2.45) is 0 Å². The van der Waals surface area contributed by atoms with Crippen LogP contribution in [0.2, 0.25) is 0 Å². The zero-order chi connectivity index (χ0) is 33.8. The van der Waals surface area contributed by atoms with Gasteiger partial charge in [0, 0.05) is 46.4 Å². The molecule has 0 bridgehead atoms. The van der Waals surface area contributed by atoms with Crippen LogP contribution in [-0.2, 0) is 0 Å². The van der Waals surface area contributed by atoms with Crippen molar-refractivity contribution < 1.29 is 9.13 Å². The van der Waals surface area contributed by atoms with Crippen LogP contribution in [0.5, 0.6) is 11.5 Å². The Morgan fingerprint density at radius 2 is 1.35 bits per heavy atom. The standard InChI is InChI=1S/C43H35FN4O/c1-26-19-34(48-30(5)43(29(4)46-48)42-27(2)21-32(22-28(42)3)31-11-7-6-8-12-31)24-36(20-26)49-35-15-16-38-37-13-9-10-14-39(37)47(40(38)25-35)41-23-33(44)17-18-45-41/h6-25H,1-5H3. The van der Waals surface area contributed by atoms with Crippen LogP contribution in [-0.4, -0.2) is 19.3 Å². The van der Waals surface area contributed by atoms with Gasteiger partial charge in [-0.15, -0.1) is 0 Å². The molecule has 8 aromatic rings. The molecule has 49 heavy (non-hydrogen) atoms. The van der Waals surface area contributed by atoms with Crippen LogP contribution in [0.3, 0.4) is 0 Å². The van der Waals surface area contributed by atoms with E-state index in [0.29, 0.717) is 17.3 Å². The van der Waals surface area contributed by atoms with Crippen molar-refractivity contribution in [3.63, 3.8) is 0 Å². The number of nitrogens with zero attached hydrogens (tertiary/aromatic N) is 4. The number of aryl methyl sites for hydroxylation is 4. The molecule has 8 rings (SSSR count). The Labute approximate surface area is 284 Å². The Morgan fingerprint density at radius 1 is 0.612 bits per heavy atom. The van der Waals surface area contributed by atoms with Crippen LogP contribution in [0.25, 0.3) is 55.6 Å². The molecule has 0 atom stereocenters. The van der Waals surface area contributed by atoms with Crippen LogP contribution in [0.4, 0.5) is 4.39 Å². The topological polar surface area (TPSA) is 44.9 Å². The number of hydrogen-bond donors (Lipinski definition) is 0. The van der Waals surface area contributed by atoms with E-state index >= 15 is 0 Å². The second kappa shape index (κ2) is 11.9. The lowest BCUT2D eigenvalue weighted by molar-refractivity contribution is 0.482. The summed E-state index contributed by atoms with van der Waals surface area (Å²) in [6.45, 7) is 10.7. The van der Waals surface area contributed by atoms with E-state index in [0.717, 1.165) is 50.0 Å². The zero-order valence-corrected chi connectivity index (χ0v) is 28.1. The molecule has 0 N–H and O–H groups in total. The Kier molecular flexibility index (Phi) is 7.37. The van der Waals surface area contributed by atoms with Gasteiger partial charge < -0.3 is 4.74 Å². The van der Waals surface area contributed by atoms with E-state index in [2.05, 4.69) is 94.2 Å². The number of benzene rings is 5. The van der Waals surface area contributed by atoms with E-state index < -0.39 is 0 Å². The minimum Gasteiger partial charge on any atom is -0.457 e. The van der Waals surface area contributed by atoms with Crippen molar-refractivity contribution in [1.29, 1.82) is 0 Å². The molecule has 0 saturated carbocycles. The molecule has 5 aromatic carbocycles. The maximum atomic E-state index is 14.3. The van der Waals surface area contributed by atoms with Crippen LogP contribution in [0, 0.1) is 40.4 Å². The summed E-state index contributed by atoms with van der Waals surface area (Å²) in [5.74, 6) is 1.55. The number of hydrogen-bond acceptors (Lipinski definition) is 3. The minimum absolute atomic E-state index is 0.336. The summed E-state index contributed by atoms with van der Waals surface area (Å²) in [4.78, 5) is 4.49. The van der Waals surface area contributed by atoms with E-state index in [1.165, 1.54) is 46.1 Å². The first-order valence-electron chi connectivity index (χ1n) is 16.4. The van der Waals surface area contributed by atoms with Crippen molar-refractivity contribution in [3.8, 4) is 45.3 Å². The molecule has 0 spiro atoms. The summed E-state index contributed by atoms with van der Waals surface area (Å²) in [5, 5.41) is 7.15. The van der Waals surface area contributed by atoms with Gasteiger partial charge >= 0.3 is 0 Å². The van der Waals surface area contributed by atoms with Gasteiger partial charge in [0.25, 0.3) is 0 Å². The average Bonchev–Trinajstić information content (AvgIpc) is 3.57. The van der Waals surface area contributed by atoms with Gasteiger partial charge in [-0.25, -0.2) is 14.1 Å². The van der Waals surface area contributed by atoms with Crippen molar-refractivity contribution in [2.45, 2.75) is 34.6 Å². The Hall–Kier alpha value is -6.01. The van der Waals surface area contributed by atoms with Gasteiger partial charge in [-0.05, 0) is 104 Å². The van der Waals surface area contributed by atoms with Gasteiger partial charge in [0.1, 0.15) is 23.1 Å². The third kappa shape index (κ3) is 5.35. The predicted molar refractivity (Wildman–Crippen MR) is 197 cm³/mol. The quantitative estimate of drug-likeness (QED) is 0.181. The highest BCUT2D eigenvalue weighted by molar-refractivity contribution is 6.09. The third-order valence-electron chi connectivity index (χ3n) is 9.28. The zero-order valence-electron chi connectivity index (χ0n) is 28.1. The molecule has 0 fully saturated rings. The number of aromatic nitrogens is 4. The Morgan fingerprint density at radius 3 is 2.12 bits per heavy atom. The molecule has 5 nitrogen and oxygen atoms in total. The molecule has 0 unspecified atom stereocenters. The largest absolute Gasteiger partial charge is 0.457 e. The number of halogens is 1. The van der Waals surface area contributed by atoms with Gasteiger partial charge in [-0.2, -0.15) is 5.10 Å². The lowest BCUT2D eigenvalue weighted by atomic mass is 9.90.